The summed E-state index contributed by atoms with van der Waals surface area (Å²) >= 11 is 0. The Balaban J connectivity index is 0.873. The van der Waals surface area contributed by atoms with Gasteiger partial charge in [0.1, 0.15) is 0 Å². The average Bonchev–Trinajstić information content (AvgIpc) is 3.91. The van der Waals surface area contributed by atoms with E-state index in [1.165, 1.54) is 65.6 Å². The highest BCUT2D eigenvalue weighted by Gasteiger charge is 2.18. The van der Waals surface area contributed by atoms with Crippen molar-refractivity contribution in [1.29, 1.82) is 0 Å². The summed E-state index contributed by atoms with van der Waals surface area (Å²) in [6, 6.07) is 84.2. The molecule has 5 heteroatoms. The number of aromatic nitrogens is 5. The first-order valence-electron chi connectivity index (χ1n) is 22.3. The van der Waals surface area contributed by atoms with Crippen LogP contribution in [0.2, 0.25) is 0 Å². The van der Waals surface area contributed by atoms with Crippen molar-refractivity contribution < 1.29 is 0 Å². The summed E-state index contributed by atoms with van der Waals surface area (Å²) in [4.78, 5) is 14.8. The van der Waals surface area contributed by atoms with Gasteiger partial charge in [0, 0.05) is 49.6 Å². The smallest absolute Gasteiger partial charge is 0.164 e. The van der Waals surface area contributed by atoms with Crippen molar-refractivity contribution in [3.05, 3.63) is 237 Å². The second-order valence-electron chi connectivity index (χ2n) is 16.8. The molecular weight excluding hydrogens is 803 g/mol. The topological polar surface area (TPSA) is 48.5 Å². The maximum absolute atomic E-state index is 4.97. The number of benzene rings is 10. The van der Waals surface area contributed by atoms with Crippen molar-refractivity contribution in [2.45, 2.75) is 0 Å². The Hall–Kier alpha value is -8.93. The lowest BCUT2D eigenvalue weighted by molar-refractivity contribution is 1.07. The first kappa shape index (κ1) is 37.6. The lowest BCUT2D eigenvalue weighted by atomic mass is 9.98. The number of nitrogens with zero attached hydrogens (tertiary/aromatic N) is 5. The Labute approximate surface area is 381 Å². The number of rotatable bonds is 7. The van der Waals surface area contributed by atoms with Gasteiger partial charge in [-0.3, -0.25) is 0 Å². The molecule has 0 atom stereocenters. The van der Waals surface area contributed by atoms with E-state index in [9.17, 15) is 0 Å². The molecule has 10 aromatic carbocycles. The predicted octanol–water partition coefficient (Wildman–Crippen LogP) is 15.6. The second-order valence-corrected chi connectivity index (χ2v) is 16.8. The highest BCUT2D eigenvalue weighted by Crippen LogP contribution is 2.39. The second kappa shape index (κ2) is 15.4. The number of para-hydroxylation sites is 2. The van der Waals surface area contributed by atoms with Crippen molar-refractivity contribution in [2.24, 2.45) is 0 Å². The third-order valence-corrected chi connectivity index (χ3v) is 13.0. The summed E-state index contributed by atoms with van der Waals surface area (Å²) in [7, 11) is 0. The van der Waals surface area contributed by atoms with E-state index in [0.717, 1.165) is 39.1 Å². The molecular formula is C61H39N5. The predicted molar refractivity (Wildman–Crippen MR) is 273 cm³/mol. The van der Waals surface area contributed by atoms with Crippen LogP contribution in [-0.2, 0) is 0 Å². The van der Waals surface area contributed by atoms with Gasteiger partial charge in [0.05, 0.1) is 22.1 Å². The van der Waals surface area contributed by atoms with Gasteiger partial charge in [-0.25, -0.2) is 15.0 Å². The summed E-state index contributed by atoms with van der Waals surface area (Å²) in [5.41, 5.74) is 14.5. The fraction of sp³-hybridized carbons (Fsp3) is 0. The van der Waals surface area contributed by atoms with E-state index in [2.05, 4.69) is 185 Å². The van der Waals surface area contributed by atoms with Crippen LogP contribution in [0.4, 0.5) is 0 Å². The Morgan fingerprint density at radius 3 is 1.14 bits per heavy atom. The Morgan fingerprint density at radius 2 is 0.621 bits per heavy atom. The fourth-order valence-electron chi connectivity index (χ4n) is 9.83. The zero-order chi connectivity index (χ0) is 43.6. The molecule has 0 saturated heterocycles. The molecule has 0 N–H and O–H groups in total. The molecule has 0 aliphatic heterocycles. The first-order valence-corrected chi connectivity index (χ1v) is 22.3. The van der Waals surface area contributed by atoms with Crippen LogP contribution in [0, 0.1) is 0 Å². The Bertz CT molecular complexity index is 3900. The van der Waals surface area contributed by atoms with E-state index < -0.39 is 0 Å². The largest absolute Gasteiger partial charge is 0.309 e. The molecule has 0 saturated carbocycles. The van der Waals surface area contributed by atoms with E-state index in [4.69, 9.17) is 15.0 Å². The average molecular weight is 842 g/mol. The standard InChI is InChI=1S/C61H39N5/c1-3-15-42(16-4-1)59-62-60(43-17-5-2-6-18-43)64-61(63-59)44-28-34-48(35-29-44)66-56-25-12-10-22-52(56)54-39-46(31-37-58(54)66)45-30-36-57-53(38-45)51-21-9-11-24-55(51)65(57)47-32-26-41(27-33-47)50-23-13-19-40-14-7-8-20-49(40)50/h1-39H. The van der Waals surface area contributed by atoms with Gasteiger partial charge in [-0.1, -0.05) is 164 Å². The highest BCUT2D eigenvalue weighted by atomic mass is 15.0. The van der Waals surface area contributed by atoms with Crippen molar-refractivity contribution in [3.8, 4) is 67.8 Å². The van der Waals surface area contributed by atoms with Crippen LogP contribution in [0.5, 0.6) is 0 Å². The Morgan fingerprint density at radius 1 is 0.242 bits per heavy atom. The SMILES string of the molecule is c1ccc(-c2nc(-c3ccccc3)nc(-c3ccc(-n4c5ccccc5c5cc(-c6ccc7c(c6)c6ccccc6n7-c6ccc(-c7cccc8ccccc78)cc6)ccc54)cc3)n2)cc1. The maximum Gasteiger partial charge on any atom is 0.164 e. The molecule has 5 nitrogen and oxygen atoms in total. The third-order valence-electron chi connectivity index (χ3n) is 13.0. The minimum Gasteiger partial charge on any atom is -0.309 e. The van der Waals surface area contributed by atoms with Gasteiger partial charge in [0.25, 0.3) is 0 Å². The lowest BCUT2D eigenvalue weighted by Gasteiger charge is -2.11. The third kappa shape index (κ3) is 6.28. The molecule has 0 aliphatic carbocycles. The molecule has 3 aromatic heterocycles. The summed E-state index contributed by atoms with van der Waals surface area (Å²) in [6.07, 6.45) is 0. The van der Waals surface area contributed by atoms with Crippen LogP contribution in [-0.4, -0.2) is 24.1 Å². The van der Waals surface area contributed by atoms with Crippen molar-refractivity contribution in [3.63, 3.8) is 0 Å². The quantitative estimate of drug-likeness (QED) is 0.161. The molecule has 0 fully saturated rings. The van der Waals surface area contributed by atoms with Gasteiger partial charge in [-0.2, -0.15) is 0 Å². The summed E-state index contributed by atoms with van der Waals surface area (Å²) < 4.78 is 4.76. The van der Waals surface area contributed by atoms with Crippen LogP contribution < -0.4 is 0 Å². The van der Waals surface area contributed by atoms with Crippen molar-refractivity contribution >= 4 is 54.4 Å². The van der Waals surface area contributed by atoms with E-state index in [-0.39, 0.29) is 0 Å². The highest BCUT2D eigenvalue weighted by molar-refractivity contribution is 6.13. The molecule has 0 unspecified atom stereocenters. The zero-order valence-electron chi connectivity index (χ0n) is 35.8. The molecule has 13 rings (SSSR count). The molecule has 0 bridgehead atoms. The van der Waals surface area contributed by atoms with Gasteiger partial charge in [-0.15, -0.1) is 0 Å². The van der Waals surface area contributed by atoms with E-state index >= 15 is 0 Å². The minimum atomic E-state index is 0.635. The maximum atomic E-state index is 4.97. The van der Waals surface area contributed by atoms with Crippen LogP contribution in [0.1, 0.15) is 0 Å². The number of hydrogen-bond acceptors (Lipinski definition) is 3. The van der Waals surface area contributed by atoms with Crippen molar-refractivity contribution in [1.82, 2.24) is 24.1 Å². The number of fused-ring (bicyclic) bond motifs is 7. The molecule has 0 aliphatic rings. The summed E-state index contributed by atoms with van der Waals surface area (Å²) in [5, 5.41) is 7.40. The zero-order valence-corrected chi connectivity index (χ0v) is 35.8. The molecule has 308 valence electrons. The van der Waals surface area contributed by atoms with Gasteiger partial charge in [-0.05, 0) is 106 Å². The molecule has 0 spiro atoms. The van der Waals surface area contributed by atoms with Gasteiger partial charge in [0.15, 0.2) is 17.5 Å². The summed E-state index contributed by atoms with van der Waals surface area (Å²) in [5.74, 6) is 1.93. The van der Waals surface area contributed by atoms with Crippen molar-refractivity contribution in [2.75, 3.05) is 0 Å². The monoisotopic (exact) mass is 841 g/mol. The number of hydrogen-bond donors (Lipinski definition) is 0. The minimum absolute atomic E-state index is 0.635. The van der Waals surface area contributed by atoms with E-state index in [1.54, 1.807) is 0 Å². The summed E-state index contributed by atoms with van der Waals surface area (Å²) in [6.45, 7) is 0. The Kier molecular flexibility index (Phi) is 8.78. The van der Waals surface area contributed by atoms with Gasteiger partial charge >= 0.3 is 0 Å². The van der Waals surface area contributed by atoms with Crippen LogP contribution in [0.3, 0.4) is 0 Å². The van der Waals surface area contributed by atoms with Crippen LogP contribution >= 0.6 is 0 Å². The van der Waals surface area contributed by atoms with Gasteiger partial charge < -0.3 is 9.13 Å². The van der Waals surface area contributed by atoms with Crippen LogP contribution in [0.15, 0.2) is 237 Å². The fourth-order valence-corrected chi connectivity index (χ4v) is 9.83. The van der Waals surface area contributed by atoms with E-state index in [0.29, 0.717) is 17.5 Å². The molecule has 0 radical (unpaired) electrons. The molecule has 13 aromatic rings. The molecule has 66 heavy (non-hydrogen) atoms. The van der Waals surface area contributed by atoms with E-state index in [1.807, 2.05) is 60.7 Å². The first-order chi connectivity index (χ1) is 32.7. The molecule has 0 amide bonds. The molecule has 3 heterocycles. The normalized spacial score (nSPS) is 11.6. The van der Waals surface area contributed by atoms with Crippen LogP contribution in [0.25, 0.3) is 122 Å². The van der Waals surface area contributed by atoms with Gasteiger partial charge in [0.2, 0.25) is 0 Å². The lowest BCUT2D eigenvalue weighted by Crippen LogP contribution is -2.00.